The summed E-state index contributed by atoms with van der Waals surface area (Å²) in [6, 6.07) is 4.27. The van der Waals surface area contributed by atoms with Gasteiger partial charge in [-0.2, -0.15) is 0 Å². The van der Waals surface area contributed by atoms with Crippen LogP contribution in [0.25, 0.3) is 11.0 Å². The molecule has 0 radical (unpaired) electrons. The lowest BCUT2D eigenvalue weighted by Crippen LogP contribution is -2.06. The second kappa shape index (κ2) is 7.40. The van der Waals surface area contributed by atoms with Gasteiger partial charge in [-0.25, -0.2) is 4.79 Å². The standard InChI is InChI=1S/C17H16O6/c1-2-8-22-15(20)5-3-4-11-9-16(21)23-17-12(11)6-7-14(19)13(17)10-18/h2,6-7,9-10,19H,1,3-5,8H2. The number of carbonyl (C=O) groups is 2. The number of hydrogen-bond acceptors (Lipinski definition) is 6. The van der Waals surface area contributed by atoms with E-state index in [4.69, 9.17) is 9.15 Å². The molecule has 6 heteroatoms. The van der Waals surface area contributed by atoms with E-state index in [1.165, 1.54) is 18.2 Å². The van der Waals surface area contributed by atoms with E-state index >= 15 is 0 Å². The Morgan fingerprint density at radius 2 is 2.17 bits per heavy atom. The number of benzene rings is 1. The molecule has 0 bridgehead atoms. The zero-order chi connectivity index (χ0) is 16.8. The van der Waals surface area contributed by atoms with E-state index in [2.05, 4.69) is 6.58 Å². The smallest absolute Gasteiger partial charge is 0.336 e. The molecule has 120 valence electrons. The van der Waals surface area contributed by atoms with Crippen molar-refractivity contribution in [2.45, 2.75) is 19.3 Å². The molecule has 0 saturated carbocycles. The molecular weight excluding hydrogens is 300 g/mol. The van der Waals surface area contributed by atoms with Gasteiger partial charge in [-0.1, -0.05) is 12.7 Å². The molecule has 0 aliphatic heterocycles. The van der Waals surface area contributed by atoms with Gasteiger partial charge in [-0.15, -0.1) is 0 Å². The summed E-state index contributed by atoms with van der Waals surface area (Å²) in [5.41, 5.74) is 0.0230. The van der Waals surface area contributed by atoms with Crippen molar-refractivity contribution in [2.24, 2.45) is 0 Å². The molecule has 1 N–H and O–H groups in total. The van der Waals surface area contributed by atoms with Crippen LogP contribution in [0, 0.1) is 0 Å². The number of aldehydes is 1. The third-order valence-electron chi connectivity index (χ3n) is 3.32. The van der Waals surface area contributed by atoms with Crippen LogP contribution in [0.15, 0.2) is 40.1 Å². The lowest BCUT2D eigenvalue weighted by molar-refractivity contribution is -0.142. The minimum absolute atomic E-state index is 0.0525. The van der Waals surface area contributed by atoms with E-state index in [0.717, 1.165) is 0 Å². The molecule has 23 heavy (non-hydrogen) atoms. The highest BCUT2D eigenvalue weighted by Crippen LogP contribution is 2.27. The van der Waals surface area contributed by atoms with Gasteiger partial charge in [-0.05, 0) is 30.5 Å². The maximum Gasteiger partial charge on any atom is 0.336 e. The Hall–Kier alpha value is -2.89. The molecule has 0 aliphatic rings. The fourth-order valence-corrected chi connectivity index (χ4v) is 2.27. The molecule has 0 atom stereocenters. The lowest BCUT2D eigenvalue weighted by atomic mass is 10.0. The molecule has 2 aromatic rings. The molecule has 1 aromatic heterocycles. The molecule has 6 nitrogen and oxygen atoms in total. The maximum atomic E-state index is 11.7. The molecule has 0 unspecified atom stereocenters. The number of ether oxygens (including phenoxy) is 1. The topological polar surface area (TPSA) is 93.8 Å². The Labute approximate surface area is 132 Å². The summed E-state index contributed by atoms with van der Waals surface area (Å²) in [7, 11) is 0. The first-order chi connectivity index (χ1) is 11.1. The summed E-state index contributed by atoms with van der Waals surface area (Å²) in [4.78, 5) is 34.2. The zero-order valence-corrected chi connectivity index (χ0v) is 12.4. The third kappa shape index (κ3) is 3.85. The number of phenols is 1. The highest BCUT2D eigenvalue weighted by Gasteiger charge is 2.13. The van der Waals surface area contributed by atoms with Crippen LogP contribution in [-0.4, -0.2) is 24.0 Å². The van der Waals surface area contributed by atoms with E-state index in [9.17, 15) is 19.5 Å². The van der Waals surface area contributed by atoms with Crippen LogP contribution in [0.2, 0.25) is 0 Å². The number of esters is 1. The highest BCUT2D eigenvalue weighted by atomic mass is 16.5. The number of aryl methyl sites for hydroxylation is 1. The number of carbonyl (C=O) groups excluding carboxylic acids is 2. The van der Waals surface area contributed by atoms with Crippen LogP contribution in [0.4, 0.5) is 0 Å². The van der Waals surface area contributed by atoms with Crippen LogP contribution in [0.5, 0.6) is 5.75 Å². The second-order valence-electron chi connectivity index (χ2n) is 4.91. The minimum atomic E-state index is -0.615. The number of rotatable bonds is 7. The molecule has 1 aromatic carbocycles. The lowest BCUT2D eigenvalue weighted by Gasteiger charge is -2.07. The van der Waals surface area contributed by atoms with Crippen molar-refractivity contribution in [3.05, 3.63) is 52.4 Å². The zero-order valence-electron chi connectivity index (χ0n) is 12.4. The Kier molecular flexibility index (Phi) is 5.30. The van der Waals surface area contributed by atoms with Crippen molar-refractivity contribution in [3.63, 3.8) is 0 Å². The van der Waals surface area contributed by atoms with Crippen LogP contribution in [0.1, 0.15) is 28.8 Å². The Morgan fingerprint density at radius 1 is 1.39 bits per heavy atom. The van der Waals surface area contributed by atoms with E-state index in [0.29, 0.717) is 30.1 Å². The highest BCUT2D eigenvalue weighted by molar-refractivity contribution is 5.98. The number of phenolic OH excluding ortho intramolecular Hbond substituents is 1. The molecule has 0 spiro atoms. The van der Waals surface area contributed by atoms with Gasteiger partial charge in [-0.3, -0.25) is 9.59 Å². The van der Waals surface area contributed by atoms with Gasteiger partial charge in [0.15, 0.2) is 11.9 Å². The fourth-order valence-electron chi connectivity index (χ4n) is 2.27. The van der Waals surface area contributed by atoms with Crippen molar-refractivity contribution < 1.29 is 23.8 Å². The minimum Gasteiger partial charge on any atom is -0.507 e. The van der Waals surface area contributed by atoms with Gasteiger partial charge in [0.05, 0.1) is 5.56 Å². The van der Waals surface area contributed by atoms with Crippen molar-refractivity contribution in [1.29, 1.82) is 0 Å². The van der Waals surface area contributed by atoms with Crippen molar-refractivity contribution in [2.75, 3.05) is 6.61 Å². The fraction of sp³-hybridized carbons (Fsp3) is 0.235. The molecule has 0 amide bonds. The Balaban J connectivity index is 2.24. The first-order valence-corrected chi connectivity index (χ1v) is 7.07. The Bertz CT molecular complexity index is 803. The maximum absolute atomic E-state index is 11.7. The molecule has 1 heterocycles. The molecule has 0 fully saturated rings. The van der Waals surface area contributed by atoms with Gasteiger partial charge >= 0.3 is 11.6 Å². The number of aromatic hydroxyl groups is 1. The average Bonchev–Trinajstić information content (AvgIpc) is 2.52. The van der Waals surface area contributed by atoms with Crippen molar-refractivity contribution >= 4 is 23.2 Å². The molecule has 0 saturated heterocycles. The largest absolute Gasteiger partial charge is 0.507 e. The summed E-state index contributed by atoms with van der Waals surface area (Å²) in [5, 5.41) is 10.2. The summed E-state index contributed by atoms with van der Waals surface area (Å²) < 4.78 is 9.91. The quantitative estimate of drug-likeness (QED) is 0.365. The molecule has 2 rings (SSSR count). The Morgan fingerprint density at radius 3 is 2.87 bits per heavy atom. The average molecular weight is 316 g/mol. The van der Waals surface area contributed by atoms with E-state index in [1.54, 1.807) is 6.07 Å². The molecule has 0 aliphatic carbocycles. The number of fused-ring (bicyclic) bond motifs is 1. The number of hydrogen-bond donors (Lipinski definition) is 1. The summed E-state index contributed by atoms with van der Waals surface area (Å²) >= 11 is 0. The SMILES string of the molecule is C=CCOC(=O)CCCc1cc(=O)oc2c(C=O)c(O)ccc12. The van der Waals surface area contributed by atoms with E-state index in [1.807, 2.05) is 0 Å². The van der Waals surface area contributed by atoms with E-state index < -0.39 is 5.63 Å². The van der Waals surface area contributed by atoms with E-state index in [-0.39, 0.29) is 35.9 Å². The van der Waals surface area contributed by atoms with Gasteiger partial charge in [0.25, 0.3) is 0 Å². The summed E-state index contributed by atoms with van der Waals surface area (Å²) in [5.74, 6) is -0.593. The summed E-state index contributed by atoms with van der Waals surface area (Å²) in [6.07, 6.45) is 3.05. The first kappa shape index (κ1) is 16.5. The predicted molar refractivity (Wildman–Crippen MR) is 83.6 cm³/mol. The second-order valence-corrected chi connectivity index (χ2v) is 4.91. The van der Waals surface area contributed by atoms with Crippen molar-refractivity contribution in [3.8, 4) is 5.75 Å². The van der Waals surface area contributed by atoms with Crippen LogP contribution in [-0.2, 0) is 16.0 Å². The van der Waals surface area contributed by atoms with Crippen LogP contribution < -0.4 is 5.63 Å². The summed E-state index contributed by atoms with van der Waals surface area (Å²) in [6.45, 7) is 3.62. The third-order valence-corrected chi connectivity index (χ3v) is 3.32. The van der Waals surface area contributed by atoms with Crippen LogP contribution >= 0.6 is 0 Å². The van der Waals surface area contributed by atoms with Crippen LogP contribution in [0.3, 0.4) is 0 Å². The van der Waals surface area contributed by atoms with Gasteiger partial charge < -0.3 is 14.3 Å². The van der Waals surface area contributed by atoms with Gasteiger partial charge in [0, 0.05) is 17.9 Å². The van der Waals surface area contributed by atoms with Gasteiger partial charge in [0.2, 0.25) is 0 Å². The monoisotopic (exact) mass is 316 g/mol. The first-order valence-electron chi connectivity index (χ1n) is 7.07. The predicted octanol–water partition coefficient (Wildman–Crippen LogP) is 2.36. The van der Waals surface area contributed by atoms with Gasteiger partial charge in [0.1, 0.15) is 12.4 Å². The normalized spacial score (nSPS) is 10.4. The van der Waals surface area contributed by atoms with Crippen molar-refractivity contribution in [1.82, 2.24) is 0 Å². The molecular formula is C17H16O6.